The SMILES string of the molecule is CC(C)CS(=O)(=O)C1CN(C(=O)CCN2C(=O)c3ccccc3C2=O)C1. The molecule has 0 spiro atoms. The van der Waals surface area contributed by atoms with Crippen molar-refractivity contribution in [3.63, 3.8) is 0 Å². The number of rotatable bonds is 6. The summed E-state index contributed by atoms with van der Waals surface area (Å²) in [4.78, 5) is 39.3. The predicted octanol–water partition coefficient (Wildman–Crippen LogP) is 0.954. The van der Waals surface area contributed by atoms with Gasteiger partial charge >= 0.3 is 0 Å². The minimum atomic E-state index is -3.19. The standard InChI is InChI=1S/C18H22N2O5S/c1-12(2)11-26(24,25)13-9-19(10-13)16(21)7-8-20-17(22)14-5-3-4-6-15(14)18(20)23/h3-6,12-13H,7-11H2,1-2H3. The minimum Gasteiger partial charge on any atom is -0.340 e. The highest BCUT2D eigenvalue weighted by molar-refractivity contribution is 7.92. The third-order valence-corrected chi connectivity index (χ3v) is 7.15. The number of amides is 3. The topological polar surface area (TPSA) is 91.8 Å². The first-order valence-corrected chi connectivity index (χ1v) is 10.4. The lowest BCUT2D eigenvalue weighted by Crippen LogP contribution is -2.58. The van der Waals surface area contributed by atoms with Gasteiger partial charge < -0.3 is 4.90 Å². The van der Waals surface area contributed by atoms with Crippen LogP contribution in [0.25, 0.3) is 0 Å². The number of hydrogen-bond donors (Lipinski definition) is 0. The van der Waals surface area contributed by atoms with Gasteiger partial charge in [0, 0.05) is 26.1 Å². The zero-order valence-corrected chi connectivity index (χ0v) is 15.7. The number of carbonyl (C=O) groups is 3. The number of sulfone groups is 1. The molecule has 3 amide bonds. The molecule has 0 N–H and O–H groups in total. The molecule has 1 saturated heterocycles. The van der Waals surface area contributed by atoms with Crippen LogP contribution in [0, 0.1) is 5.92 Å². The highest BCUT2D eigenvalue weighted by atomic mass is 32.2. The van der Waals surface area contributed by atoms with Gasteiger partial charge in [0.05, 0.1) is 22.1 Å². The Morgan fingerprint density at radius 3 is 2.15 bits per heavy atom. The number of imide groups is 1. The number of hydrogen-bond acceptors (Lipinski definition) is 5. The number of nitrogens with zero attached hydrogens (tertiary/aromatic N) is 2. The van der Waals surface area contributed by atoms with E-state index in [4.69, 9.17) is 0 Å². The molecule has 1 aromatic carbocycles. The maximum Gasteiger partial charge on any atom is 0.261 e. The Morgan fingerprint density at radius 2 is 1.65 bits per heavy atom. The highest BCUT2D eigenvalue weighted by Crippen LogP contribution is 2.24. The highest BCUT2D eigenvalue weighted by Gasteiger charge is 2.40. The molecule has 0 atom stereocenters. The molecule has 0 aliphatic carbocycles. The van der Waals surface area contributed by atoms with E-state index in [1.807, 2.05) is 13.8 Å². The van der Waals surface area contributed by atoms with Crippen LogP contribution in [-0.2, 0) is 14.6 Å². The van der Waals surface area contributed by atoms with Crippen molar-refractivity contribution in [2.75, 3.05) is 25.4 Å². The molecule has 2 aliphatic heterocycles. The van der Waals surface area contributed by atoms with Gasteiger partial charge in [0.25, 0.3) is 11.8 Å². The third kappa shape index (κ3) is 3.38. The molecule has 0 radical (unpaired) electrons. The first-order valence-electron chi connectivity index (χ1n) is 8.65. The van der Waals surface area contributed by atoms with E-state index in [0.29, 0.717) is 11.1 Å². The molecule has 1 fully saturated rings. The van der Waals surface area contributed by atoms with Gasteiger partial charge in [-0.1, -0.05) is 26.0 Å². The molecule has 26 heavy (non-hydrogen) atoms. The Morgan fingerprint density at radius 1 is 1.12 bits per heavy atom. The van der Waals surface area contributed by atoms with Crippen LogP contribution in [0.5, 0.6) is 0 Å². The van der Waals surface area contributed by atoms with Crippen LogP contribution in [0.2, 0.25) is 0 Å². The second-order valence-electron chi connectivity index (χ2n) is 7.20. The molecule has 0 bridgehead atoms. The van der Waals surface area contributed by atoms with Gasteiger partial charge in [-0.25, -0.2) is 8.42 Å². The maximum atomic E-state index is 12.3. The lowest BCUT2D eigenvalue weighted by atomic mass is 10.1. The summed E-state index contributed by atoms with van der Waals surface area (Å²) in [5.41, 5.74) is 0.711. The summed E-state index contributed by atoms with van der Waals surface area (Å²) < 4.78 is 24.3. The molecule has 2 heterocycles. The van der Waals surface area contributed by atoms with Gasteiger partial charge in [-0.2, -0.15) is 0 Å². The zero-order valence-electron chi connectivity index (χ0n) is 14.8. The third-order valence-electron chi connectivity index (χ3n) is 4.70. The molecule has 0 aromatic heterocycles. The van der Waals surface area contributed by atoms with Crippen LogP contribution < -0.4 is 0 Å². The summed E-state index contributed by atoms with van der Waals surface area (Å²) in [7, 11) is -3.19. The van der Waals surface area contributed by atoms with Gasteiger partial charge in [-0.05, 0) is 18.1 Å². The van der Waals surface area contributed by atoms with Crippen molar-refractivity contribution in [2.45, 2.75) is 25.5 Å². The molecule has 140 valence electrons. The predicted molar refractivity (Wildman–Crippen MR) is 95.4 cm³/mol. The second kappa shape index (κ2) is 6.83. The summed E-state index contributed by atoms with van der Waals surface area (Å²) >= 11 is 0. The Balaban J connectivity index is 1.52. The van der Waals surface area contributed by atoms with Crippen LogP contribution in [0.3, 0.4) is 0 Å². The average Bonchev–Trinajstić information content (AvgIpc) is 2.74. The summed E-state index contributed by atoms with van der Waals surface area (Å²) in [6.45, 7) is 4.08. The smallest absolute Gasteiger partial charge is 0.261 e. The fourth-order valence-electron chi connectivity index (χ4n) is 3.28. The van der Waals surface area contributed by atoms with E-state index in [1.165, 1.54) is 4.90 Å². The largest absolute Gasteiger partial charge is 0.340 e. The van der Waals surface area contributed by atoms with Crippen molar-refractivity contribution >= 4 is 27.6 Å². The Labute approximate surface area is 152 Å². The van der Waals surface area contributed by atoms with Crippen molar-refractivity contribution in [3.05, 3.63) is 35.4 Å². The summed E-state index contributed by atoms with van der Waals surface area (Å²) in [6, 6.07) is 6.57. The monoisotopic (exact) mass is 378 g/mol. The molecule has 8 heteroatoms. The van der Waals surface area contributed by atoms with Crippen molar-refractivity contribution in [1.82, 2.24) is 9.80 Å². The van der Waals surface area contributed by atoms with E-state index >= 15 is 0 Å². The van der Waals surface area contributed by atoms with Crippen molar-refractivity contribution in [1.29, 1.82) is 0 Å². The van der Waals surface area contributed by atoms with Crippen LogP contribution in [0.15, 0.2) is 24.3 Å². The molecule has 1 aromatic rings. The van der Waals surface area contributed by atoms with Crippen molar-refractivity contribution in [2.24, 2.45) is 5.92 Å². The van der Waals surface area contributed by atoms with E-state index in [0.717, 1.165) is 4.90 Å². The van der Waals surface area contributed by atoms with Crippen LogP contribution in [0.4, 0.5) is 0 Å². The van der Waals surface area contributed by atoms with Gasteiger partial charge in [0.2, 0.25) is 5.91 Å². The lowest BCUT2D eigenvalue weighted by Gasteiger charge is -2.39. The van der Waals surface area contributed by atoms with Gasteiger partial charge in [0.1, 0.15) is 0 Å². The molecular weight excluding hydrogens is 356 g/mol. The molecule has 7 nitrogen and oxygen atoms in total. The number of likely N-dealkylation sites (tertiary alicyclic amines) is 1. The van der Waals surface area contributed by atoms with Gasteiger partial charge in [-0.15, -0.1) is 0 Å². The van der Waals surface area contributed by atoms with Crippen LogP contribution in [0.1, 0.15) is 41.0 Å². The first-order chi connectivity index (χ1) is 12.2. The van der Waals surface area contributed by atoms with Crippen molar-refractivity contribution in [3.8, 4) is 0 Å². The average molecular weight is 378 g/mol. The fourth-order valence-corrected chi connectivity index (χ4v) is 5.29. The van der Waals surface area contributed by atoms with Crippen LogP contribution >= 0.6 is 0 Å². The normalized spacial score (nSPS) is 17.7. The molecule has 3 rings (SSSR count). The lowest BCUT2D eigenvalue weighted by molar-refractivity contribution is -0.134. The molecule has 0 saturated carbocycles. The van der Waals surface area contributed by atoms with E-state index in [-0.39, 0.29) is 55.4 Å². The summed E-state index contributed by atoms with van der Waals surface area (Å²) in [6.07, 6.45) is 0.00240. The maximum absolute atomic E-state index is 12.3. The van der Waals surface area contributed by atoms with E-state index in [1.54, 1.807) is 24.3 Å². The minimum absolute atomic E-state index is 0.00240. The second-order valence-corrected chi connectivity index (χ2v) is 9.53. The van der Waals surface area contributed by atoms with E-state index < -0.39 is 15.1 Å². The number of fused-ring (bicyclic) bond motifs is 1. The van der Waals surface area contributed by atoms with Crippen molar-refractivity contribution < 1.29 is 22.8 Å². The van der Waals surface area contributed by atoms with Gasteiger partial charge in [0.15, 0.2) is 9.84 Å². The Bertz CT molecular complexity index is 821. The fraction of sp³-hybridized carbons (Fsp3) is 0.500. The Kier molecular flexibility index (Phi) is 4.88. The summed E-state index contributed by atoms with van der Waals surface area (Å²) in [5, 5.41) is -0.506. The quantitative estimate of drug-likeness (QED) is 0.688. The molecular formula is C18H22N2O5S. The van der Waals surface area contributed by atoms with Crippen LogP contribution in [-0.4, -0.2) is 66.6 Å². The number of carbonyl (C=O) groups excluding carboxylic acids is 3. The van der Waals surface area contributed by atoms with E-state index in [9.17, 15) is 22.8 Å². The number of benzene rings is 1. The Hall–Kier alpha value is -2.22. The first kappa shape index (κ1) is 18.6. The molecule has 2 aliphatic rings. The zero-order chi connectivity index (χ0) is 19.1. The summed E-state index contributed by atoms with van der Waals surface area (Å²) in [5.74, 6) is -0.843. The van der Waals surface area contributed by atoms with E-state index in [2.05, 4.69) is 0 Å². The molecule has 0 unspecified atom stereocenters. The van der Waals surface area contributed by atoms with Gasteiger partial charge in [-0.3, -0.25) is 19.3 Å².